The van der Waals surface area contributed by atoms with E-state index in [4.69, 9.17) is 9.47 Å². The molecule has 0 amide bonds. The van der Waals surface area contributed by atoms with Gasteiger partial charge < -0.3 is 9.47 Å². The summed E-state index contributed by atoms with van der Waals surface area (Å²) < 4.78 is 58.7. The molecule has 6 heteroatoms. The Labute approximate surface area is 460 Å². The number of fused-ring (bicyclic) bond motifs is 4. The standard InChI is InChI=1S/C20H20F2O.C20H16.C12H12F2O.C11H10.C9H12/c1-15-7-9-17(10-8-15)5-3-4-6-18-11-13-19(14-12-18)23-16(2)20(21)22;1-14-6-8-15(9-7-14)16-10-11-18-12-17-4-2-3-5-19(17)20(18)13-16;1-3-4-10-5-7-11(8-6-10)15-9(2)12(13)14;1-9-5-4-7-10-6-2-3-8-11(9)10;1-3-9-6-4-8(2)5-7-9/h3-4,7-14H,5-6H2,1-2H3;2-11,13H,12H2,1H3;3,5-8H,1,4H2,2H3;2-8H,1H3;4-7H,3H2,1-2H3/b4-3-;;;;. The van der Waals surface area contributed by atoms with Crippen molar-refractivity contribution in [3.05, 3.63) is 310 Å². The number of ether oxygens (including phenoxy) is 2. The van der Waals surface area contributed by atoms with Crippen molar-refractivity contribution in [2.24, 2.45) is 0 Å². The first-order valence-corrected chi connectivity index (χ1v) is 26.4. The SMILES string of the molecule is C=CCc1ccc(OC(C)=C(F)F)cc1.CC(Oc1ccc(C/C=C\Cc2ccc(C)cc2)cc1)=C(F)F.CCc1ccc(C)cc1.Cc1ccc(-c2ccc3c(c2)-c2ccccc2C3)cc1.Cc1cccc2ccccc12. The van der Waals surface area contributed by atoms with Gasteiger partial charge in [-0.1, -0.05) is 218 Å². The summed E-state index contributed by atoms with van der Waals surface area (Å²) in [5, 5.41) is 2.68. The van der Waals surface area contributed by atoms with E-state index in [-0.39, 0.29) is 11.5 Å². The quantitative estimate of drug-likeness (QED) is 0.0690. The van der Waals surface area contributed by atoms with Crippen molar-refractivity contribution in [1.82, 2.24) is 0 Å². The van der Waals surface area contributed by atoms with Crippen molar-refractivity contribution >= 4 is 10.8 Å². The summed E-state index contributed by atoms with van der Waals surface area (Å²) in [6.07, 6.45) is 7.11. The first-order valence-electron chi connectivity index (χ1n) is 26.4. The van der Waals surface area contributed by atoms with Crippen LogP contribution < -0.4 is 9.47 Å². The van der Waals surface area contributed by atoms with E-state index >= 15 is 0 Å². The van der Waals surface area contributed by atoms with E-state index in [1.165, 1.54) is 91.4 Å². The summed E-state index contributed by atoms with van der Waals surface area (Å²) in [6, 6.07) is 70.5. The summed E-state index contributed by atoms with van der Waals surface area (Å²) in [5.41, 5.74) is 18.4. The molecule has 0 saturated heterocycles. The first-order chi connectivity index (χ1) is 37.7. The van der Waals surface area contributed by atoms with Crippen molar-refractivity contribution in [2.75, 3.05) is 0 Å². The Balaban J connectivity index is 0.000000164. The van der Waals surface area contributed by atoms with Gasteiger partial charge in [-0.15, -0.1) is 6.58 Å². The number of allylic oxidation sites excluding steroid dienone is 5. The maximum absolute atomic E-state index is 12.3. The molecule has 0 saturated carbocycles. The molecule has 1 aliphatic carbocycles. The summed E-state index contributed by atoms with van der Waals surface area (Å²) in [7, 11) is 0. The van der Waals surface area contributed by atoms with Crippen LogP contribution in [0.25, 0.3) is 33.0 Å². The highest BCUT2D eigenvalue weighted by atomic mass is 19.3. The third kappa shape index (κ3) is 18.7. The third-order valence-electron chi connectivity index (χ3n) is 13.0. The molecule has 0 atom stereocenters. The van der Waals surface area contributed by atoms with Crippen LogP contribution in [0.1, 0.15) is 76.4 Å². The van der Waals surface area contributed by atoms with Crippen molar-refractivity contribution in [3.8, 4) is 33.8 Å². The van der Waals surface area contributed by atoms with Crippen LogP contribution in [0.3, 0.4) is 0 Å². The van der Waals surface area contributed by atoms with Gasteiger partial charge in [-0.3, -0.25) is 0 Å². The molecular weight excluding hydrogens is 973 g/mol. The van der Waals surface area contributed by atoms with Gasteiger partial charge in [0.2, 0.25) is 0 Å². The molecule has 0 aliphatic heterocycles. The topological polar surface area (TPSA) is 18.5 Å². The second-order valence-corrected chi connectivity index (χ2v) is 19.2. The average Bonchev–Trinajstić information content (AvgIpc) is 3.87. The minimum atomic E-state index is -1.80. The van der Waals surface area contributed by atoms with Gasteiger partial charge >= 0.3 is 12.2 Å². The number of hydrogen-bond acceptors (Lipinski definition) is 2. The van der Waals surface area contributed by atoms with Crippen molar-refractivity contribution < 1.29 is 27.0 Å². The van der Waals surface area contributed by atoms with Gasteiger partial charge in [0.25, 0.3) is 0 Å². The molecule has 9 aromatic carbocycles. The van der Waals surface area contributed by atoms with Gasteiger partial charge in [0.05, 0.1) is 0 Å². The van der Waals surface area contributed by atoms with Crippen LogP contribution in [0.2, 0.25) is 0 Å². The van der Waals surface area contributed by atoms with Crippen molar-refractivity contribution in [1.29, 1.82) is 0 Å². The van der Waals surface area contributed by atoms with E-state index in [9.17, 15) is 17.6 Å². The highest BCUT2D eigenvalue weighted by molar-refractivity contribution is 5.85. The van der Waals surface area contributed by atoms with Gasteiger partial charge in [-0.25, -0.2) is 0 Å². The summed E-state index contributed by atoms with van der Waals surface area (Å²) in [4.78, 5) is 0. The maximum Gasteiger partial charge on any atom is 0.307 e. The molecular formula is C72H70F4O2. The molecule has 0 N–H and O–H groups in total. The number of rotatable bonds is 12. The minimum absolute atomic E-state index is 0.365. The Morgan fingerprint density at radius 1 is 0.449 bits per heavy atom. The minimum Gasteiger partial charge on any atom is -0.456 e. The maximum atomic E-state index is 12.3. The lowest BCUT2D eigenvalue weighted by atomic mass is 9.98. The van der Waals surface area contributed by atoms with Crippen LogP contribution in [0, 0.1) is 27.7 Å². The highest BCUT2D eigenvalue weighted by Crippen LogP contribution is 2.39. The fraction of sp³-hybridized carbons (Fsp3) is 0.167. The molecule has 0 heterocycles. The zero-order valence-electron chi connectivity index (χ0n) is 45.9. The summed E-state index contributed by atoms with van der Waals surface area (Å²) in [5.74, 6) is 0.0954. The molecule has 10 rings (SSSR count). The van der Waals surface area contributed by atoms with Gasteiger partial charge in [-0.05, 0) is 176 Å². The monoisotopic (exact) mass is 1040 g/mol. The van der Waals surface area contributed by atoms with Crippen LogP contribution >= 0.6 is 0 Å². The molecule has 0 radical (unpaired) electrons. The fourth-order valence-corrected chi connectivity index (χ4v) is 8.41. The van der Waals surface area contributed by atoms with Crippen molar-refractivity contribution in [3.63, 3.8) is 0 Å². The first kappa shape index (κ1) is 58.8. The molecule has 1 aliphatic rings. The second kappa shape index (κ2) is 30.3. The molecule has 0 spiro atoms. The highest BCUT2D eigenvalue weighted by Gasteiger charge is 2.18. The van der Waals surface area contributed by atoms with Gasteiger partial charge in [-0.2, -0.15) is 17.6 Å². The molecule has 0 bridgehead atoms. The number of hydrogen-bond donors (Lipinski definition) is 0. The van der Waals surface area contributed by atoms with Crippen LogP contribution in [-0.2, 0) is 32.1 Å². The van der Waals surface area contributed by atoms with E-state index in [0.29, 0.717) is 11.5 Å². The van der Waals surface area contributed by atoms with Gasteiger partial charge in [0.15, 0.2) is 11.5 Å². The fourth-order valence-electron chi connectivity index (χ4n) is 8.41. The number of halogens is 4. The molecule has 0 unspecified atom stereocenters. The van der Waals surface area contributed by atoms with Crippen LogP contribution in [0.5, 0.6) is 11.5 Å². The van der Waals surface area contributed by atoms with Gasteiger partial charge in [0, 0.05) is 0 Å². The molecule has 2 nitrogen and oxygen atoms in total. The normalized spacial score (nSPS) is 10.7. The summed E-state index contributed by atoms with van der Waals surface area (Å²) in [6.45, 7) is 16.7. The predicted octanol–water partition coefficient (Wildman–Crippen LogP) is 20.7. The summed E-state index contributed by atoms with van der Waals surface area (Å²) >= 11 is 0. The van der Waals surface area contributed by atoms with Crippen LogP contribution in [-0.4, -0.2) is 0 Å². The Kier molecular flexibility index (Phi) is 22.8. The smallest absolute Gasteiger partial charge is 0.307 e. The second-order valence-electron chi connectivity index (χ2n) is 19.2. The molecule has 0 fully saturated rings. The molecule has 0 aromatic heterocycles. The zero-order chi connectivity index (χ0) is 55.8. The molecule has 78 heavy (non-hydrogen) atoms. The lowest BCUT2D eigenvalue weighted by molar-refractivity contribution is 0.330. The predicted molar refractivity (Wildman–Crippen MR) is 320 cm³/mol. The third-order valence-corrected chi connectivity index (χ3v) is 13.0. The Morgan fingerprint density at radius 2 is 0.885 bits per heavy atom. The van der Waals surface area contributed by atoms with Gasteiger partial charge in [0.1, 0.15) is 11.5 Å². The Morgan fingerprint density at radius 3 is 1.40 bits per heavy atom. The van der Waals surface area contributed by atoms with E-state index in [0.717, 1.165) is 43.2 Å². The van der Waals surface area contributed by atoms with Crippen LogP contribution in [0.4, 0.5) is 17.6 Å². The number of aryl methyl sites for hydroxylation is 5. The van der Waals surface area contributed by atoms with E-state index in [2.05, 4.69) is 211 Å². The number of benzene rings is 9. The molecule has 9 aromatic rings. The zero-order valence-corrected chi connectivity index (χ0v) is 45.9. The van der Waals surface area contributed by atoms with E-state index < -0.39 is 12.2 Å². The average molecular weight is 1040 g/mol. The van der Waals surface area contributed by atoms with E-state index in [1.54, 1.807) is 30.3 Å². The Bertz CT molecular complexity index is 3390. The largest absolute Gasteiger partial charge is 0.456 e. The molecule has 398 valence electrons. The van der Waals surface area contributed by atoms with Crippen molar-refractivity contribution in [2.45, 2.75) is 80.6 Å². The van der Waals surface area contributed by atoms with Crippen LogP contribution in [0.15, 0.2) is 255 Å². The lowest BCUT2D eigenvalue weighted by Crippen LogP contribution is -1.92. The lowest BCUT2D eigenvalue weighted by Gasteiger charge is -2.06. The Hall–Kier alpha value is -8.48. The van der Waals surface area contributed by atoms with E-state index in [1.807, 2.05) is 24.3 Å².